The molecule has 1 aliphatic heterocycles. The standard InChI is InChI=1S/C62H118O10/c1-3-5-7-9-11-13-15-17-19-21-23-25-27-29-30-32-34-36-38-40-42-44-46-48-50-57(64)69-53-55(54-70-62-61(68)60(67)59(66)56(52-63)72-62)71-58(65)51-49-47-45-43-41-39-37-35-33-31-28-26-24-22-20-18-16-14-12-10-8-6-4-2/h22,24,55-56,59-63,66-68H,3-21,23,25-54H2,1-2H3/b24-22-. The summed E-state index contributed by atoms with van der Waals surface area (Å²) < 4.78 is 22.4. The van der Waals surface area contributed by atoms with Crippen molar-refractivity contribution in [2.45, 2.75) is 352 Å². The third-order valence-corrected chi connectivity index (χ3v) is 14.9. The fraction of sp³-hybridized carbons (Fsp3) is 0.935. The second-order valence-corrected chi connectivity index (χ2v) is 21.9. The molecule has 1 fully saturated rings. The zero-order valence-electron chi connectivity index (χ0n) is 47.2. The van der Waals surface area contributed by atoms with Crippen molar-refractivity contribution < 1.29 is 49.0 Å². The van der Waals surface area contributed by atoms with Gasteiger partial charge in [-0.2, -0.15) is 0 Å². The molecular weight excluding hydrogens is 905 g/mol. The Morgan fingerprint density at radius 3 is 1.08 bits per heavy atom. The van der Waals surface area contributed by atoms with Crippen LogP contribution in [-0.4, -0.2) is 89.0 Å². The highest BCUT2D eigenvalue weighted by Gasteiger charge is 2.44. The molecule has 0 saturated carbocycles. The molecule has 0 aromatic heterocycles. The van der Waals surface area contributed by atoms with Crippen LogP contribution in [0.5, 0.6) is 0 Å². The van der Waals surface area contributed by atoms with Crippen LogP contribution in [0, 0.1) is 0 Å². The van der Waals surface area contributed by atoms with Gasteiger partial charge in [-0.25, -0.2) is 0 Å². The predicted molar refractivity (Wildman–Crippen MR) is 298 cm³/mol. The fourth-order valence-electron chi connectivity index (χ4n) is 10.0. The van der Waals surface area contributed by atoms with Gasteiger partial charge in [-0.1, -0.05) is 276 Å². The molecule has 0 aromatic rings. The first kappa shape index (κ1) is 68.5. The molecule has 6 atom stereocenters. The van der Waals surface area contributed by atoms with E-state index in [4.69, 9.17) is 18.9 Å². The smallest absolute Gasteiger partial charge is 0.306 e. The third kappa shape index (κ3) is 42.6. The molecule has 0 radical (unpaired) electrons. The summed E-state index contributed by atoms with van der Waals surface area (Å²) in [7, 11) is 0. The maximum absolute atomic E-state index is 12.9. The van der Waals surface area contributed by atoms with Crippen molar-refractivity contribution in [3.05, 3.63) is 12.2 Å². The largest absolute Gasteiger partial charge is 0.462 e. The molecule has 4 N–H and O–H groups in total. The zero-order valence-corrected chi connectivity index (χ0v) is 47.2. The Morgan fingerprint density at radius 2 is 0.736 bits per heavy atom. The number of hydrogen-bond acceptors (Lipinski definition) is 10. The molecule has 10 nitrogen and oxygen atoms in total. The number of unbranched alkanes of at least 4 members (excludes halogenated alkanes) is 42. The van der Waals surface area contributed by atoms with Gasteiger partial charge in [-0.05, 0) is 38.5 Å². The summed E-state index contributed by atoms with van der Waals surface area (Å²) in [5.74, 6) is -0.785. The highest BCUT2D eigenvalue weighted by molar-refractivity contribution is 5.70. The highest BCUT2D eigenvalue weighted by atomic mass is 16.7. The Bertz CT molecular complexity index is 1180. The van der Waals surface area contributed by atoms with E-state index in [1.165, 1.54) is 244 Å². The number of allylic oxidation sites excluding steroid dienone is 2. The minimum Gasteiger partial charge on any atom is -0.462 e. The van der Waals surface area contributed by atoms with Crippen LogP contribution in [0.2, 0.25) is 0 Å². The average molecular weight is 1020 g/mol. The number of aliphatic hydroxyl groups is 4. The van der Waals surface area contributed by atoms with Crippen molar-refractivity contribution in [1.29, 1.82) is 0 Å². The molecule has 0 amide bonds. The van der Waals surface area contributed by atoms with Crippen LogP contribution in [0.1, 0.15) is 316 Å². The van der Waals surface area contributed by atoms with E-state index in [0.717, 1.165) is 38.5 Å². The van der Waals surface area contributed by atoms with Crippen LogP contribution in [0.15, 0.2) is 12.2 Å². The van der Waals surface area contributed by atoms with Crippen LogP contribution in [-0.2, 0) is 28.5 Å². The van der Waals surface area contributed by atoms with Gasteiger partial charge in [-0.3, -0.25) is 9.59 Å². The van der Waals surface area contributed by atoms with Crippen molar-refractivity contribution in [2.75, 3.05) is 19.8 Å². The summed E-state index contributed by atoms with van der Waals surface area (Å²) >= 11 is 0. The number of ether oxygens (including phenoxy) is 4. The van der Waals surface area contributed by atoms with Crippen LogP contribution in [0.3, 0.4) is 0 Å². The molecule has 10 heteroatoms. The number of rotatable bonds is 55. The first-order valence-electron chi connectivity index (χ1n) is 31.3. The Morgan fingerprint density at radius 1 is 0.417 bits per heavy atom. The van der Waals surface area contributed by atoms with Gasteiger partial charge < -0.3 is 39.4 Å². The summed E-state index contributed by atoms with van der Waals surface area (Å²) in [5.41, 5.74) is 0. The lowest BCUT2D eigenvalue weighted by atomic mass is 9.99. The first-order chi connectivity index (χ1) is 35.3. The molecule has 0 spiro atoms. The summed E-state index contributed by atoms with van der Waals surface area (Å²) in [6, 6.07) is 0. The van der Waals surface area contributed by atoms with Gasteiger partial charge in [0.05, 0.1) is 13.2 Å². The summed E-state index contributed by atoms with van der Waals surface area (Å²) in [5, 5.41) is 40.4. The van der Waals surface area contributed by atoms with E-state index in [0.29, 0.717) is 6.42 Å². The van der Waals surface area contributed by atoms with Gasteiger partial charge in [0.2, 0.25) is 0 Å². The van der Waals surface area contributed by atoms with Gasteiger partial charge in [0.1, 0.15) is 31.0 Å². The van der Waals surface area contributed by atoms with Crippen LogP contribution >= 0.6 is 0 Å². The lowest BCUT2D eigenvalue weighted by molar-refractivity contribution is -0.305. The van der Waals surface area contributed by atoms with E-state index in [1.54, 1.807) is 0 Å². The van der Waals surface area contributed by atoms with Gasteiger partial charge in [0, 0.05) is 12.8 Å². The third-order valence-electron chi connectivity index (χ3n) is 14.9. The van der Waals surface area contributed by atoms with Gasteiger partial charge in [0.15, 0.2) is 12.4 Å². The van der Waals surface area contributed by atoms with Gasteiger partial charge in [-0.15, -0.1) is 0 Å². The SMILES string of the molecule is CCCCCCCCCC/C=C\CCCCCCCCCCCCCC(=O)OC(COC(=O)CCCCCCCCCCCCCCCCCCCCCCCCCC)COC1OC(CO)C(O)C(O)C1O. The number of carbonyl (C=O) groups is 2. The van der Waals surface area contributed by atoms with E-state index < -0.39 is 49.4 Å². The van der Waals surface area contributed by atoms with Crippen LogP contribution in [0.25, 0.3) is 0 Å². The van der Waals surface area contributed by atoms with Crippen molar-refractivity contribution in [1.82, 2.24) is 0 Å². The molecule has 1 rings (SSSR count). The zero-order chi connectivity index (χ0) is 52.2. The Kier molecular flexibility index (Phi) is 50.3. The van der Waals surface area contributed by atoms with E-state index in [2.05, 4.69) is 26.0 Å². The molecule has 1 aliphatic rings. The minimum absolute atomic E-state index is 0.210. The second kappa shape index (κ2) is 52.9. The lowest BCUT2D eigenvalue weighted by Crippen LogP contribution is -2.59. The summed E-state index contributed by atoms with van der Waals surface area (Å²) in [6.45, 7) is 3.50. The van der Waals surface area contributed by atoms with Gasteiger partial charge in [0.25, 0.3) is 0 Å². The van der Waals surface area contributed by atoms with Crippen molar-refractivity contribution in [3.8, 4) is 0 Å². The molecule has 6 unspecified atom stereocenters. The monoisotopic (exact) mass is 1020 g/mol. The molecule has 0 aliphatic carbocycles. The Labute approximate surface area is 443 Å². The molecule has 72 heavy (non-hydrogen) atoms. The van der Waals surface area contributed by atoms with E-state index >= 15 is 0 Å². The number of esters is 2. The molecular formula is C62H118O10. The van der Waals surface area contributed by atoms with Crippen molar-refractivity contribution >= 4 is 11.9 Å². The topological polar surface area (TPSA) is 152 Å². The maximum Gasteiger partial charge on any atom is 0.306 e. The minimum atomic E-state index is -1.59. The van der Waals surface area contributed by atoms with Crippen LogP contribution in [0.4, 0.5) is 0 Å². The van der Waals surface area contributed by atoms with Crippen molar-refractivity contribution in [2.24, 2.45) is 0 Å². The quantitative estimate of drug-likeness (QED) is 0.0263. The molecule has 0 aromatic carbocycles. The molecule has 426 valence electrons. The number of hydrogen-bond donors (Lipinski definition) is 4. The van der Waals surface area contributed by atoms with Crippen molar-refractivity contribution in [3.63, 3.8) is 0 Å². The summed E-state index contributed by atoms with van der Waals surface area (Å²) in [4.78, 5) is 25.6. The Hall–Kier alpha value is -1.56. The molecule has 0 bridgehead atoms. The highest BCUT2D eigenvalue weighted by Crippen LogP contribution is 2.23. The Balaban J connectivity index is 2.15. The maximum atomic E-state index is 12.9. The van der Waals surface area contributed by atoms with Gasteiger partial charge >= 0.3 is 11.9 Å². The number of aliphatic hydroxyl groups excluding tert-OH is 4. The lowest BCUT2D eigenvalue weighted by Gasteiger charge is -2.39. The predicted octanol–water partition coefficient (Wildman–Crippen LogP) is 16.2. The van der Waals surface area contributed by atoms with Crippen LogP contribution < -0.4 is 0 Å². The normalized spacial score (nSPS) is 18.6. The second-order valence-electron chi connectivity index (χ2n) is 21.9. The van der Waals surface area contributed by atoms with E-state index in [9.17, 15) is 30.0 Å². The molecule has 1 heterocycles. The first-order valence-corrected chi connectivity index (χ1v) is 31.3. The fourth-order valence-corrected chi connectivity index (χ4v) is 10.0. The summed E-state index contributed by atoms with van der Waals surface area (Å²) in [6.07, 6.45) is 55.3. The van der Waals surface area contributed by atoms with E-state index in [-0.39, 0.29) is 32.0 Å². The molecule has 1 saturated heterocycles. The van der Waals surface area contributed by atoms with E-state index in [1.807, 2.05) is 0 Å². The average Bonchev–Trinajstić information content (AvgIpc) is 3.38. The number of carbonyl (C=O) groups excluding carboxylic acids is 2.